The van der Waals surface area contributed by atoms with Gasteiger partial charge in [-0.15, -0.1) is 0 Å². The Bertz CT molecular complexity index is 1700. The first kappa shape index (κ1) is 29.0. The lowest BCUT2D eigenvalue weighted by molar-refractivity contribution is 0.483. The monoisotopic (exact) mass is 648 g/mol. The number of benzene rings is 2. The lowest BCUT2D eigenvalue weighted by atomic mass is 10.1. The topological polar surface area (TPSA) is 193 Å². The van der Waals surface area contributed by atoms with E-state index in [0.29, 0.717) is 5.69 Å². The molecule has 0 radical (unpaired) electrons. The zero-order valence-electron chi connectivity index (χ0n) is 18.7. The second-order valence-corrected chi connectivity index (χ2v) is 10.9. The lowest BCUT2D eigenvalue weighted by Crippen LogP contribution is -2.04. The number of hydrogen-bond acceptors (Lipinski definition) is 11. The minimum atomic E-state index is -4.70. The number of anilines is 4. The van der Waals surface area contributed by atoms with Crippen LogP contribution >= 0.6 is 46.4 Å². The number of halogens is 4. The number of rotatable bonds is 8. The Kier molecular flexibility index (Phi) is 8.93. The number of hydrogen-bond donors (Lipinski definition) is 4. The molecule has 0 aliphatic heterocycles. The lowest BCUT2D eigenvalue weighted by Gasteiger charge is -2.10. The maximum atomic E-state index is 12.1. The smallest absolute Gasteiger partial charge is 0.295 e. The second-order valence-electron chi connectivity index (χ2n) is 7.21. The van der Waals surface area contributed by atoms with Crippen molar-refractivity contribution in [3.8, 4) is 0 Å². The molecule has 4 N–H and O–H groups in total. The predicted molar refractivity (Wildman–Crippen MR) is 147 cm³/mol. The van der Waals surface area contributed by atoms with Gasteiger partial charge >= 0.3 is 0 Å². The highest BCUT2D eigenvalue weighted by atomic mass is 35.5. The molecule has 2 heterocycles. The summed E-state index contributed by atoms with van der Waals surface area (Å²) in [6.45, 7) is 0. The van der Waals surface area contributed by atoms with Crippen LogP contribution in [0, 0.1) is 0 Å². The molecule has 2 aromatic heterocycles. The van der Waals surface area contributed by atoms with Gasteiger partial charge < -0.3 is 15.2 Å². The Hall–Kier alpha value is -3.02. The first-order chi connectivity index (χ1) is 18.4. The molecule has 39 heavy (non-hydrogen) atoms. The summed E-state index contributed by atoms with van der Waals surface area (Å²) in [5.41, 5.74) is 0.854. The van der Waals surface area contributed by atoms with E-state index < -0.39 is 26.1 Å². The van der Waals surface area contributed by atoms with Crippen molar-refractivity contribution in [1.82, 2.24) is 29.9 Å². The van der Waals surface area contributed by atoms with Crippen molar-refractivity contribution in [3.63, 3.8) is 0 Å². The Morgan fingerprint density at radius 3 is 1.62 bits per heavy atom. The van der Waals surface area contributed by atoms with Crippen LogP contribution in [0.15, 0.2) is 46.2 Å². The summed E-state index contributed by atoms with van der Waals surface area (Å²) in [5, 5.41) is 4.82. The van der Waals surface area contributed by atoms with Crippen LogP contribution in [0.3, 0.4) is 0 Å². The van der Waals surface area contributed by atoms with Gasteiger partial charge in [0, 0.05) is 11.4 Å². The zero-order valence-corrected chi connectivity index (χ0v) is 23.4. The largest absolute Gasteiger partial charge is 0.324 e. The molecule has 4 aromatic rings. The summed E-state index contributed by atoms with van der Waals surface area (Å²) >= 11 is 20.6. The molecule has 2 aromatic carbocycles. The van der Waals surface area contributed by atoms with Gasteiger partial charge in [0.2, 0.25) is 33.0 Å². The fraction of sp³-hybridized carbons (Fsp3) is 0. The van der Waals surface area contributed by atoms with E-state index in [1.54, 1.807) is 6.07 Å². The van der Waals surface area contributed by atoms with Crippen molar-refractivity contribution in [2.45, 2.75) is 9.79 Å². The first-order valence-corrected chi connectivity index (χ1v) is 14.2. The third-order valence-electron chi connectivity index (χ3n) is 4.61. The van der Waals surface area contributed by atoms with Gasteiger partial charge in [0.25, 0.3) is 10.1 Å². The summed E-state index contributed by atoms with van der Waals surface area (Å²) in [5.74, 6) is -0.0544. The SMILES string of the molecule is O=S(O)c1cc(Nc2nc(Cl)nc(Cl)n2)ccc1C=Cc1ccc(Nc2nc(Cl)nc(Cl)n2)cc1S(=O)(=O)O. The van der Waals surface area contributed by atoms with Crippen LogP contribution in [-0.4, -0.2) is 51.6 Å². The molecule has 19 heteroatoms. The maximum absolute atomic E-state index is 12.1. The third-order valence-corrected chi connectivity index (χ3v) is 6.92. The van der Waals surface area contributed by atoms with E-state index in [1.165, 1.54) is 36.4 Å². The van der Waals surface area contributed by atoms with Gasteiger partial charge in [-0.3, -0.25) is 4.55 Å². The van der Waals surface area contributed by atoms with E-state index in [0.717, 1.165) is 6.07 Å². The maximum Gasteiger partial charge on any atom is 0.295 e. The molecule has 0 aliphatic carbocycles. The van der Waals surface area contributed by atoms with Gasteiger partial charge in [0.15, 0.2) is 11.1 Å². The fourth-order valence-electron chi connectivity index (χ4n) is 3.08. The molecule has 4 rings (SSSR count). The number of nitrogens with one attached hydrogen (secondary N) is 2. The van der Waals surface area contributed by atoms with E-state index >= 15 is 0 Å². The standard InChI is InChI=1S/C20H12Cl4N8O5S2/c21-15-27-16(22)30-19(29-15)25-11-5-3-9(13(7-11)38(33)34)1-2-10-4-6-12(8-14(10)39(35,36)37)26-20-31-17(23)28-18(24)32-20/h1-8H,(H,33,34)(H,35,36,37)(H,25,27,29,30)(H,26,28,31,32). The van der Waals surface area contributed by atoms with E-state index in [-0.39, 0.29) is 54.7 Å². The van der Waals surface area contributed by atoms with Gasteiger partial charge in [0.05, 0.1) is 4.90 Å². The highest BCUT2D eigenvalue weighted by Crippen LogP contribution is 2.27. The van der Waals surface area contributed by atoms with Crippen LogP contribution < -0.4 is 10.6 Å². The van der Waals surface area contributed by atoms with Gasteiger partial charge in [-0.1, -0.05) is 24.3 Å². The van der Waals surface area contributed by atoms with Crippen molar-refractivity contribution >= 4 is 103 Å². The molecule has 0 bridgehead atoms. The molecule has 0 saturated carbocycles. The minimum absolute atomic E-state index is 0.00571. The summed E-state index contributed by atoms with van der Waals surface area (Å²) in [6.07, 6.45) is 2.74. The van der Waals surface area contributed by atoms with Gasteiger partial charge in [0.1, 0.15) is 4.90 Å². The van der Waals surface area contributed by atoms with Crippen molar-refractivity contribution in [2.75, 3.05) is 10.6 Å². The van der Waals surface area contributed by atoms with E-state index in [9.17, 15) is 21.7 Å². The van der Waals surface area contributed by atoms with E-state index in [4.69, 9.17) is 46.4 Å². The van der Waals surface area contributed by atoms with Crippen molar-refractivity contribution in [3.05, 3.63) is 68.7 Å². The molecule has 0 amide bonds. The van der Waals surface area contributed by atoms with Crippen molar-refractivity contribution in [2.24, 2.45) is 0 Å². The van der Waals surface area contributed by atoms with Crippen molar-refractivity contribution in [1.29, 1.82) is 0 Å². The molecule has 0 fully saturated rings. The average Bonchev–Trinajstić information content (AvgIpc) is 2.81. The Morgan fingerprint density at radius 2 is 1.15 bits per heavy atom. The first-order valence-electron chi connectivity index (χ1n) is 10.1. The molecule has 0 aliphatic rings. The highest BCUT2D eigenvalue weighted by molar-refractivity contribution is 7.86. The average molecular weight is 650 g/mol. The van der Waals surface area contributed by atoms with Crippen LogP contribution in [-0.2, 0) is 21.2 Å². The van der Waals surface area contributed by atoms with E-state index in [2.05, 4.69) is 40.5 Å². The Labute approximate surface area is 242 Å². The zero-order chi connectivity index (χ0) is 28.3. The summed E-state index contributed by atoms with van der Waals surface area (Å²) in [7, 11) is -4.70. The summed E-state index contributed by atoms with van der Waals surface area (Å²) in [6, 6.07) is 8.37. The molecular weight excluding hydrogens is 638 g/mol. The minimum Gasteiger partial charge on any atom is -0.324 e. The summed E-state index contributed by atoms with van der Waals surface area (Å²) < 4.78 is 55.8. The second kappa shape index (κ2) is 12.0. The van der Waals surface area contributed by atoms with E-state index in [1.807, 2.05) is 0 Å². The molecule has 0 saturated heterocycles. The number of nitrogens with zero attached hydrogens (tertiary/aromatic N) is 6. The fourth-order valence-corrected chi connectivity index (χ4v) is 5.08. The molecule has 0 spiro atoms. The molecule has 13 nitrogen and oxygen atoms in total. The molecule has 202 valence electrons. The van der Waals surface area contributed by atoms with Crippen LogP contribution in [0.2, 0.25) is 21.1 Å². The molecular formula is C20H12Cl4N8O5S2. The normalized spacial score (nSPS) is 12.5. The third kappa shape index (κ3) is 7.77. The Morgan fingerprint density at radius 1 is 0.718 bits per heavy atom. The van der Waals surface area contributed by atoms with Crippen molar-refractivity contribution < 1.29 is 21.7 Å². The number of aromatic nitrogens is 6. The van der Waals surface area contributed by atoms with Gasteiger partial charge in [-0.05, 0) is 81.8 Å². The van der Waals surface area contributed by atoms with Gasteiger partial charge in [-0.2, -0.15) is 38.3 Å². The van der Waals surface area contributed by atoms with Crippen LogP contribution in [0.1, 0.15) is 11.1 Å². The van der Waals surface area contributed by atoms with Gasteiger partial charge in [-0.25, -0.2) is 4.21 Å². The Balaban J connectivity index is 1.65. The van der Waals surface area contributed by atoms with Crippen LogP contribution in [0.25, 0.3) is 12.2 Å². The molecule has 1 unspecified atom stereocenters. The van der Waals surface area contributed by atoms with Crippen LogP contribution in [0.4, 0.5) is 23.3 Å². The highest BCUT2D eigenvalue weighted by Gasteiger charge is 2.16. The quantitative estimate of drug-likeness (QED) is 0.111. The molecule has 1 atom stereocenters. The predicted octanol–water partition coefficient (Wildman–Crippen LogP) is 5.16. The van der Waals surface area contributed by atoms with Crippen LogP contribution in [0.5, 0.6) is 0 Å². The summed E-state index contributed by atoms with van der Waals surface area (Å²) in [4.78, 5) is 22.1.